The molecule has 1 atom stereocenters. The van der Waals surface area contributed by atoms with Gasteiger partial charge in [0.1, 0.15) is 11.5 Å². The molecule has 2 rings (SSSR count). The van der Waals surface area contributed by atoms with Crippen LogP contribution in [0, 0.1) is 5.92 Å². The molecule has 0 aliphatic carbocycles. The maximum absolute atomic E-state index is 11.6. The topological polar surface area (TPSA) is 88.7 Å². The monoisotopic (exact) mass is 284 g/mol. The van der Waals surface area contributed by atoms with Crippen molar-refractivity contribution in [2.75, 3.05) is 11.5 Å². The van der Waals surface area contributed by atoms with Crippen molar-refractivity contribution in [3.63, 3.8) is 0 Å². The Kier molecular flexibility index (Phi) is 4.04. The summed E-state index contributed by atoms with van der Waals surface area (Å²) >= 11 is 0. The first-order valence-electron chi connectivity index (χ1n) is 6.04. The standard InChI is InChI=1S/C12H16N2O4S/c1-9(11-3-2-5-18-11)13-14-12(15)7-10-4-6-19(16,17)8-10/h2-3,5,10H,4,6-8H2,1H3,(H,14,15)/b13-9-/t10-/m1/s1. The molecular weight excluding hydrogens is 268 g/mol. The third-order valence-corrected chi connectivity index (χ3v) is 4.86. The molecule has 6 nitrogen and oxygen atoms in total. The number of hydrazone groups is 1. The highest BCUT2D eigenvalue weighted by Gasteiger charge is 2.29. The van der Waals surface area contributed by atoms with E-state index in [2.05, 4.69) is 10.5 Å². The molecule has 1 aromatic rings. The van der Waals surface area contributed by atoms with Gasteiger partial charge in [-0.25, -0.2) is 13.8 Å². The summed E-state index contributed by atoms with van der Waals surface area (Å²) in [6.07, 6.45) is 2.27. The number of carbonyl (C=O) groups excluding carboxylic acids is 1. The Morgan fingerprint density at radius 3 is 2.95 bits per heavy atom. The van der Waals surface area contributed by atoms with Crippen molar-refractivity contribution in [3.05, 3.63) is 24.2 Å². The maximum Gasteiger partial charge on any atom is 0.240 e. The fraction of sp³-hybridized carbons (Fsp3) is 0.500. The molecule has 7 heteroatoms. The van der Waals surface area contributed by atoms with Gasteiger partial charge in [0.2, 0.25) is 5.91 Å². The number of nitrogens with zero attached hydrogens (tertiary/aromatic N) is 1. The van der Waals surface area contributed by atoms with E-state index < -0.39 is 9.84 Å². The largest absolute Gasteiger partial charge is 0.463 e. The average molecular weight is 284 g/mol. The molecule has 19 heavy (non-hydrogen) atoms. The summed E-state index contributed by atoms with van der Waals surface area (Å²) in [4.78, 5) is 11.6. The smallest absolute Gasteiger partial charge is 0.240 e. The van der Waals surface area contributed by atoms with Gasteiger partial charge in [-0.15, -0.1) is 0 Å². The lowest BCUT2D eigenvalue weighted by atomic mass is 10.1. The quantitative estimate of drug-likeness (QED) is 0.658. The van der Waals surface area contributed by atoms with Gasteiger partial charge >= 0.3 is 0 Å². The molecule has 0 saturated carbocycles. The molecule has 0 aromatic carbocycles. The van der Waals surface area contributed by atoms with Crippen molar-refractivity contribution >= 4 is 21.5 Å². The highest BCUT2D eigenvalue weighted by atomic mass is 32.2. The van der Waals surface area contributed by atoms with Crippen molar-refractivity contribution in [1.82, 2.24) is 5.43 Å². The molecule has 1 N–H and O–H groups in total. The Labute approximate surface area is 111 Å². The average Bonchev–Trinajstić information content (AvgIpc) is 2.96. The fourth-order valence-electron chi connectivity index (χ4n) is 2.03. The molecule has 0 bridgehead atoms. The minimum atomic E-state index is -2.94. The summed E-state index contributed by atoms with van der Waals surface area (Å²) in [7, 11) is -2.94. The van der Waals surface area contributed by atoms with Gasteiger partial charge in [0.05, 0.1) is 17.8 Å². The molecule has 104 valence electrons. The number of hydrogen-bond donors (Lipinski definition) is 1. The third kappa shape index (κ3) is 3.92. The van der Waals surface area contributed by atoms with Gasteiger partial charge in [-0.1, -0.05) is 0 Å². The molecule has 0 spiro atoms. The molecular formula is C12H16N2O4S. The molecule has 0 unspecified atom stereocenters. The van der Waals surface area contributed by atoms with Crippen molar-refractivity contribution in [2.24, 2.45) is 11.0 Å². The van der Waals surface area contributed by atoms with Crippen LogP contribution in [-0.2, 0) is 14.6 Å². The predicted molar refractivity (Wildman–Crippen MR) is 70.4 cm³/mol. The summed E-state index contributed by atoms with van der Waals surface area (Å²) in [5.74, 6) is 0.502. The molecule has 1 aliphatic heterocycles. The Morgan fingerprint density at radius 2 is 2.37 bits per heavy atom. The summed E-state index contributed by atoms with van der Waals surface area (Å²) in [6, 6.07) is 3.48. The SMILES string of the molecule is C/C(=N/NC(=O)C[C@H]1CCS(=O)(=O)C1)c1ccco1. The van der Waals surface area contributed by atoms with Crippen LogP contribution >= 0.6 is 0 Å². The minimum absolute atomic E-state index is 0.0934. The van der Waals surface area contributed by atoms with Crippen LogP contribution < -0.4 is 5.43 Å². The van der Waals surface area contributed by atoms with Crippen LogP contribution in [0.15, 0.2) is 27.9 Å². The first-order chi connectivity index (χ1) is 8.96. The van der Waals surface area contributed by atoms with E-state index in [0.717, 1.165) is 0 Å². The van der Waals surface area contributed by atoms with Crippen LogP contribution in [0.5, 0.6) is 0 Å². The molecule has 1 fully saturated rings. The number of carbonyl (C=O) groups is 1. The van der Waals surface area contributed by atoms with Crippen molar-refractivity contribution < 1.29 is 17.6 Å². The second-order valence-electron chi connectivity index (χ2n) is 4.68. The fourth-order valence-corrected chi connectivity index (χ4v) is 3.89. The van der Waals surface area contributed by atoms with Gasteiger partial charge in [0.25, 0.3) is 0 Å². The van der Waals surface area contributed by atoms with E-state index >= 15 is 0 Å². The summed E-state index contributed by atoms with van der Waals surface area (Å²) in [5.41, 5.74) is 2.99. The summed E-state index contributed by atoms with van der Waals surface area (Å²) in [5, 5.41) is 3.92. The first kappa shape index (κ1) is 13.8. The number of rotatable bonds is 4. The van der Waals surface area contributed by atoms with E-state index in [9.17, 15) is 13.2 Å². The Balaban J connectivity index is 1.84. The lowest BCUT2D eigenvalue weighted by Crippen LogP contribution is -2.22. The normalized spacial score (nSPS) is 22.4. The molecule has 0 radical (unpaired) electrons. The van der Waals surface area contributed by atoms with Crippen molar-refractivity contribution in [2.45, 2.75) is 19.8 Å². The predicted octanol–water partition coefficient (Wildman–Crippen LogP) is 0.945. The molecule has 1 saturated heterocycles. The van der Waals surface area contributed by atoms with Gasteiger partial charge in [-0.05, 0) is 31.4 Å². The number of nitrogens with one attached hydrogen (secondary N) is 1. The van der Waals surface area contributed by atoms with Crippen molar-refractivity contribution in [3.8, 4) is 0 Å². The van der Waals surface area contributed by atoms with Gasteiger partial charge in [0.15, 0.2) is 9.84 Å². The van der Waals surface area contributed by atoms with Gasteiger partial charge < -0.3 is 4.42 Å². The zero-order chi connectivity index (χ0) is 13.9. The minimum Gasteiger partial charge on any atom is -0.463 e. The Morgan fingerprint density at radius 1 is 1.58 bits per heavy atom. The number of furan rings is 1. The van der Waals surface area contributed by atoms with Crippen LogP contribution in [-0.4, -0.2) is 31.5 Å². The van der Waals surface area contributed by atoms with E-state index in [1.54, 1.807) is 19.1 Å². The first-order valence-corrected chi connectivity index (χ1v) is 7.86. The van der Waals surface area contributed by atoms with Gasteiger partial charge in [-0.3, -0.25) is 4.79 Å². The summed E-state index contributed by atoms with van der Waals surface area (Å²) < 4.78 is 27.7. The number of sulfone groups is 1. The lowest BCUT2D eigenvalue weighted by Gasteiger charge is -2.05. The van der Waals surface area contributed by atoms with E-state index in [4.69, 9.17) is 4.42 Å². The van der Waals surface area contributed by atoms with Gasteiger partial charge in [-0.2, -0.15) is 5.10 Å². The van der Waals surface area contributed by atoms with Crippen LogP contribution in [0.3, 0.4) is 0 Å². The van der Waals surface area contributed by atoms with Gasteiger partial charge in [0, 0.05) is 6.42 Å². The molecule has 1 aliphatic rings. The highest BCUT2D eigenvalue weighted by Crippen LogP contribution is 2.21. The zero-order valence-corrected chi connectivity index (χ0v) is 11.4. The van der Waals surface area contributed by atoms with Crippen LogP contribution in [0.2, 0.25) is 0 Å². The Bertz CT molecular complexity index is 575. The number of hydrogen-bond acceptors (Lipinski definition) is 5. The van der Waals surface area contributed by atoms with E-state index in [1.807, 2.05) is 0 Å². The summed E-state index contributed by atoms with van der Waals surface area (Å²) in [6.45, 7) is 1.72. The van der Waals surface area contributed by atoms with E-state index in [1.165, 1.54) is 6.26 Å². The lowest BCUT2D eigenvalue weighted by molar-refractivity contribution is -0.121. The Hall–Kier alpha value is -1.63. The van der Waals surface area contributed by atoms with Crippen LogP contribution in [0.1, 0.15) is 25.5 Å². The second kappa shape index (κ2) is 5.56. The van der Waals surface area contributed by atoms with Crippen molar-refractivity contribution in [1.29, 1.82) is 0 Å². The highest BCUT2D eigenvalue weighted by molar-refractivity contribution is 7.91. The zero-order valence-electron chi connectivity index (χ0n) is 10.6. The third-order valence-electron chi connectivity index (χ3n) is 3.03. The number of amides is 1. The van der Waals surface area contributed by atoms with E-state index in [-0.39, 0.29) is 29.8 Å². The maximum atomic E-state index is 11.6. The molecule has 1 aromatic heterocycles. The second-order valence-corrected chi connectivity index (χ2v) is 6.91. The van der Waals surface area contributed by atoms with Crippen LogP contribution in [0.4, 0.5) is 0 Å². The van der Waals surface area contributed by atoms with Crippen LogP contribution in [0.25, 0.3) is 0 Å². The molecule has 1 amide bonds. The van der Waals surface area contributed by atoms with E-state index in [0.29, 0.717) is 17.9 Å². The molecule has 2 heterocycles.